The molecule has 0 aliphatic rings. The molecule has 2 N–H and O–H groups in total. The molecule has 94 valence electrons. The van der Waals surface area contributed by atoms with Gasteiger partial charge in [0.2, 0.25) is 0 Å². The Kier molecular flexibility index (Phi) is 3.27. The summed E-state index contributed by atoms with van der Waals surface area (Å²) < 4.78 is 1.74. The van der Waals surface area contributed by atoms with Crippen molar-refractivity contribution in [3.05, 3.63) is 41.5 Å². The van der Waals surface area contributed by atoms with Crippen LogP contribution in [0.5, 0.6) is 5.75 Å². The number of carbonyl (C=O) groups is 1. The first-order chi connectivity index (χ1) is 8.59. The molecular formula is C12H14N4O2. The molecule has 0 saturated heterocycles. The number of pyridine rings is 1. The topological polar surface area (TPSA) is 80.0 Å². The molecule has 2 aromatic heterocycles. The number of aryl methyl sites for hydroxylation is 1. The van der Waals surface area contributed by atoms with Gasteiger partial charge in [0.15, 0.2) is 5.69 Å². The summed E-state index contributed by atoms with van der Waals surface area (Å²) in [6.07, 6.45) is 3.16. The van der Waals surface area contributed by atoms with Crippen LogP contribution >= 0.6 is 0 Å². The fourth-order valence-electron chi connectivity index (χ4n) is 1.55. The number of hydrogen-bond acceptors (Lipinski definition) is 4. The molecule has 0 unspecified atom stereocenters. The smallest absolute Gasteiger partial charge is 0.274 e. The third kappa shape index (κ3) is 2.32. The Morgan fingerprint density at radius 3 is 2.94 bits per heavy atom. The number of hydrogen-bond donors (Lipinski definition) is 2. The van der Waals surface area contributed by atoms with Crippen molar-refractivity contribution < 1.29 is 9.90 Å². The minimum atomic E-state index is -0.406. The van der Waals surface area contributed by atoms with Crippen LogP contribution in [0, 0.1) is 6.92 Å². The van der Waals surface area contributed by atoms with E-state index < -0.39 is 5.91 Å². The van der Waals surface area contributed by atoms with E-state index in [1.54, 1.807) is 16.9 Å². The predicted molar refractivity (Wildman–Crippen MR) is 65.0 cm³/mol. The lowest BCUT2D eigenvalue weighted by atomic mass is 10.2. The number of amides is 1. The van der Waals surface area contributed by atoms with Crippen LogP contribution in [0.15, 0.2) is 24.5 Å². The van der Waals surface area contributed by atoms with E-state index in [1.165, 1.54) is 12.3 Å². The quantitative estimate of drug-likeness (QED) is 0.837. The van der Waals surface area contributed by atoms with Crippen LogP contribution in [0.3, 0.4) is 0 Å². The van der Waals surface area contributed by atoms with Crippen LogP contribution in [-0.2, 0) is 13.6 Å². The Balaban J connectivity index is 2.05. The molecule has 0 bridgehead atoms. The summed E-state index contributed by atoms with van der Waals surface area (Å²) in [5, 5.41) is 16.3. The van der Waals surface area contributed by atoms with Crippen molar-refractivity contribution in [1.82, 2.24) is 20.1 Å². The molecule has 1 amide bonds. The lowest BCUT2D eigenvalue weighted by Crippen LogP contribution is -2.24. The second kappa shape index (κ2) is 4.87. The molecule has 0 aliphatic heterocycles. The zero-order chi connectivity index (χ0) is 13.1. The number of aromatic hydroxyl groups is 1. The molecule has 0 saturated carbocycles. The van der Waals surface area contributed by atoms with Gasteiger partial charge in [0.05, 0.1) is 6.20 Å². The normalized spacial score (nSPS) is 10.3. The third-order valence-corrected chi connectivity index (χ3v) is 2.78. The monoisotopic (exact) mass is 246 g/mol. The van der Waals surface area contributed by atoms with Crippen LogP contribution in [-0.4, -0.2) is 25.8 Å². The van der Waals surface area contributed by atoms with E-state index in [9.17, 15) is 9.90 Å². The van der Waals surface area contributed by atoms with Gasteiger partial charge in [-0.15, -0.1) is 0 Å². The number of aromatic nitrogens is 3. The van der Waals surface area contributed by atoms with Crippen LogP contribution in [0.1, 0.15) is 21.7 Å². The van der Waals surface area contributed by atoms with Crippen molar-refractivity contribution in [2.24, 2.45) is 7.05 Å². The number of nitrogens with one attached hydrogen (secondary N) is 1. The van der Waals surface area contributed by atoms with E-state index in [-0.39, 0.29) is 11.4 Å². The summed E-state index contributed by atoms with van der Waals surface area (Å²) in [6, 6.07) is 2.99. The Labute approximate surface area is 104 Å². The van der Waals surface area contributed by atoms with Crippen molar-refractivity contribution in [3.63, 3.8) is 0 Å². The van der Waals surface area contributed by atoms with Gasteiger partial charge in [-0.1, -0.05) is 0 Å². The lowest BCUT2D eigenvalue weighted by molar-refractivity contribution is 0.0943. The first-order valence-electron chi connectivity index (χ1n) is 5.49. The van der Waals surface area contributed by atoms with Gasteiger partial charge in [-0.2, -0.15) is 5.10 Å². The zero-order valence-electron chi connectivity index (χ0n) is 10.2. The SMILES string of the molecule is Cc1c(CNC(=O)c2ncccc2O)cnn1C. The Morgan fingerprint density at radius 2 is 2.33 bits per heavy atom. The number of carbonyl (C=O) groups excluding carboxylic acids is 1. The maximum atomic E-state index is 11.8. The number of rotatable bonds is 3. The molecule has 0 aromatic carbocycles. The fraction of sp³-hybridized carbons (Fsp3) is 0.250. The summed E-state index contributed by atoms with van der Waals surface area (Å²) in [6.45, 7) is 2.28. The van der Waals surface area contributed by atoms with Crippen molar-refractivity contribution in [2.75, 3.05) is 0 Å². The minimum Gasteiger partial charge on any atom is -0.505 e. The summed E-state index contributed by atoms with van der Waals surface area (Å²) >= 11 is 0. The van der Waals surface area contributed by atoms with E-state index in [0.29, 0.717) is 6.54 Å². The van der Waals surface area contributed by atoms with E-state index in [1.807, 2.05) is 14.0 Å². The van der Waals surface area contributed by atoms with Gasteiger partial charge in [0.25, 0.3) is 5.91 Å². The van der Waals surface area contributed by atoms with Gasteiger partial charge >= 0.3 is 0 Å². The number of nitrogens with zero attached hydrogens (tertiary/aromatic N) is 3. The molecule has 6 nitrogen and oxygen atoms in total. The summed E-state index contributed by atoms with van der Waals surface area (Å²) in [5.74, 6) is -0.533. The molecule has 0 aliphatic carbocycles. The van der Waals surface area contributed by atoms with Crippen molar-refractivity contribution in [1.29, 1.82) is 0 Å². The Hall–Kier alpha value is -2.37. The molecule has 2 heterocycles. The molecule has 0 spiro atoms. The minimum absolute atomic E-state index is 0.0269. The molecule has 0 radical (unpaired) electrons. The van der Waals surface area contributed by atoms with E-state index in [0.717, 1.165) is 11.3 Å². The highest BCUT2D eigenvalue weighted by atomic mass is 16.3. The Morgan fingerprint density at radius 1 is 1.56 bits per heavy atom. The fourth-order valence-corrected chi connectivity index (χ4v) is 1.55. The largest absolute Gasteiger partial charge is 0.505 e. The first kappa shape index (κ1) is 12.1. The summed E-state index contributed by atoms with van der Waals surface area (Å²) in [5.41, 5.74) is 1.95. The molecule has 18 heavy (non-hydrogen) atoms. The van der Waals surface area contributed by atoms with Crippen LogP contribution in [0.2, 0.25) is 0 Å². The second-order valence-corrected chi connectivity index (χ2v) is 3.93. The molecule has 0 atom stereocenters. The average Bonchev–Trinajstić information content (AvgIpc) is 2.68. The average molecular weight is 246 g/mol. The predicted octanol–water partition coefficient (Wildman–Crippen LogP) is 0.759. The van der Waals surface area contributed by atoms with Crippen LogP contribution in [0.25, 0.3) is 0 Å². The second-order valence-electron chi connectivity index (χ2n) is 3.93. The highest BCUT2D eigenvalue weighted by molar-refractivity contribution is 5.94. The molecule has 6 heteroatoms. The Bertz CT molecular complexity index is 577. The highest BCUT2D eigenvalue weighted by Crippen LogP contribution is 2.12. The first-order valence-corrected chi connectivity index (χ1v) is 5.49. The van der Waals surface area contributed by atoms with Gasteiger partial charge in [-0.3, -0.25) is 9.48 Å². The third-order valence-electron chi connectivity index (χ3n) is 2.78. The summed E-state index contributed by atoms with van der Waals surface area (Å²) in [7, 11) is 1.84. The van der Waals surface area contributed by atoms with E-state index in [4.69, 9.17) is 0 Å². The van der Waals surface area contributed by atoms with Crippen LogP contribution < -0.4 is 5.32 Å². The van der Waals surface area contributed by atoms with Gasteiger partial charge in [0, 0.05) is 31.0 Å². The van der Waals surface area contributed by atoms with Gasteiger partial charge < -0.3 is 10.4 Å². The van der Waals surface area contributed by atoms with Gasteiger partial charge in [0.1, 0.15) is 5.75 Å². The standard InChI is InChI=1S/C12H14N4O2/c1-8-9(7-15-16(8)2)6-14-12(18)11-10(17)4-3-5-13-11/h3-5,7,17H,6H2,1-2H3,(H,14,18). The molecule has 0 fully saturated rings. The highest BCUT2D eigenvalue weighted by Gasteiger charge is 2.12. The van der Waals surface area contributed by atoms with Gasteiger partial charge in [-0.25, -0.2) is 4.98 Å². The van der Waals surface area contributed by atoms with Gasteiger partial charge in [-0.05, 0) is 19.1 Å². The molecular weight excluding hydrogens is 232 g/mol. The lowest BCUT2D eigenvalue weighted by Gasteiger charge is -2.05. The zero-order valence-corrected chi connectivity index (χ0v) is 10.2. The van der Waals surface area contributed by atoms with Crippen molar-refractivity contribution in [2.45, 2.75) is 13.5 Å². The van der Waals surface area contributed by atoms with Crippen molar-refractivity contribution >= 4 is 5.91 Å². The van der Waals surface area contributed by atoms with E-state index >= 15 is 0 Å². The summed E-state index contributed by atoms with van der Waals surface area (Å²) in [4.78, 5) is 15.6. The van der Waals surface area contributed by atoms with Crippen molar-refractivity contribution in [3.8, 4) is 5.75 Å². The maximum absolute atomic E-state index is 11.8. The van der Waals surface area contributed by atoms with Crippen LogP contribution in [0.4, 0.5) is 0 Å². The molecule has 2 rings (SSSR count). The molecule has 2 aromatic rings. The maximum Gasteiger partial charge on any atom is 0.274 e. The van der Waals surface area contributed by atoms with E-state index in [2.05, 4.69) is 15.4 Å².